The average Bonchev–Trinajstić information content (AvgIpc) is 3.97. The molecule has 252 valence electrons. The van der Waals surface area contributed by atoms with E-state index in [-0.39, 0.29) is 5.75 Å². The lowest BCUT2D eigenvalue weighted by Crippen LogP contribution is -2.00. The monoisotopic (exact) mass is 685 g/mol. The zero-order chi connectivity index (χ0) is 35.1. The van der Waals surface area contributed by atoms with Gasteiger partial charge in [-0.1, -0.05) is 36.4 Å². The molecule has 6 heterocycles. The van der Waals surface area contributed by atoms with Gasteiger partial charge in [0.1, 0.15) is 23.0 Å². The van der Waals surface area contributed by atoms with Crippen molar-refractivity contribution in [3.8, 4) is 56.8 Å². The molecule has 4 N–H and O–H groups in total. The van der Waals surface area contributed by atoms with E-state index < -0.39 is 0 Å². The van der Waals surface area contributed by atoms with E-state index in [4.69, 9.17) is 29.2 Å². The average molecular weight is 686 g/mol. The van der Waals surface area contributed by atoms with Crippen molar-refractivity contribution in [1.82, 2.24) is 45.5 Å². The predicted octanol–water partition coefficient (Wildman–Crippen LogP) is 7.69. The summed E-state index contributed by atoms with van der Waals surface area (Å²) in [7, 11) is 4.91. The highest BCUT2D eigenvalue weighted by atomic mass is 16.5. The van der Waals surface area contributed by atoms with Crippen molar-refractivity contribution >= 4 is 65.4 Å². The first-order valence-corrected chi connectivity index (χ1v) is 16.4. The van der Waals surface area contributed by atoms with Gasteiger partial charge >= 0.3 is 0 Å². The van der Waals surface area contributed by atoms with Crippen LogP contribution in [0.3, 0.4) is 0 Å². The molecule has 0 unspecified atom stereocenters. The number of phenolic OH excluding ortho intramolecular Hbond substituents is 1. The Morgan fingerprint density at radius 2 is 0.865 bits per heavy atom. The summed E-state index contributed by atoms with van der Waals surface area (Å²) in [5.74, 6) is 1.95. The lowest BCUT2D eigenvalue weighted by Gasteiger charge is -2.20. The number of methoxy groups -OCH3 is 3. The number of hydrogen-bond donors (Lipinski definition) is 4. The minimum atomic E-state index is -0.0127. The van der Waals surface area contributed by atoms with Crippen molar-refractivity contribution in [3.05, 3.63) is 85.3 Å². The summed E-state index contributed by atoms with van der Waals surface area (Å²) >= 11 is 0. The van der Waals surface area contributed by atoms with E-state index in [0.717, 1.165) is 48.5 Å². The molecular weight excluding hydrogens is 658 g/mol. The molecule has 13 heteroatoms. The predicted molar refractivity (Wildman–Crippen MR) is 199 cm³/mol. The molecule has 52 heavy (non-hydrogen) atoms. The van der Waals surface area contributed by atoms with E-state index in [1.165, 1.54) is 0 Å². The Bertz CT molecular complexity index is 3070. The number of hydrogen-bond acceptors (Lipinski definition) is 10. The zero-order valence-corrected chi connectivity index (χ0v) is 27.9. The van der Waals surface area contributed by atoms with Crippen LogP contribution >= 0.6 is 0 Å². The number of benzene rings is 4. The number of H-pyrrole nitrogens is 3. The molecule has 6 aromatic heterocycles. The smallest absolute Gasteiger partial charge is 0.156 e. The number of nitrogens with one attached hydrogen (secondary N) is 3. The van der Waals surface area contributed by atoms with Crippen LogP contribution in [-0.2, 0) is 0 Å². The number of aromatic hydroxyl groups is 1. The second-order valence-electron chi connectivity index (χ2n) is 12.3. The number of aromatic amines is 3. The van der Waals surface area contributed by atoms with Crippen molar-refractivity contribution in [2.45, 2.75) is 0 Å². The molecule has 0 aliphatic carbocycles. The van der Waals surface area contributed by atoms with Crippen molar-refractivity contribution in [2.24, 2.45) is 0 Å². The minimum absolute atomic E-state index is 0.0127. The van der Waals surface area contributed by atoms with Gasteiger partial charge in [-0.25, -0.2) is 15.0 Å². The van der Waals surface area contributed by atoms with Gasteiger partial charge in [0.15, 0.2) is 16.9 Å². The maximum Gasteiger partial charge on any atom is 0.156 e. The fourth-order valence-electron chi connectivity index (χ4n) is 7.55. The zero-order valence-electron chi connectivity index (χ0n) is 27.9. The number of fused-ring (bicyclic) bond motifs is 9. The van der Waals surface area contributed by atoms with Gasteiger partial charge in [-0.2, -0.15) is 15.3 Å². The van der Waals surface area contributed by atoms with Gasteiger partial charge in [-0.3, -0.25) is 15.3 Å². The molecule has 0 spiro atoms. The van der Waals surface area contributed by atoms with Gasteiger partial charge in [-0.05, 0) is 30.3 Å². The molecule has 4 aromatic carbocycles. The van der Waals surface area contributed by atoms with Gasteiger partial charge in [0.25, 0.3) is 0 Å². The Kier molecular flexibility index (Phi) is 6.33. The summed E-state index contributed by atoms with van der Waals surface area (Å²) in [6.07, 6.45) is 5.21. The Balaban J connectivity index is 1.44. The highest BCUT2D eigenvalue weighted by molar-refractivity contribution is 6.20. The molecule has 0 aliphatic heterocycles. The highest BCUT2D eigenvalue weighted by Crippen LogP contribution is 2.51. The van der Waals surface area contributed by atoms with Crippen LogP contribution in [0, 0.1) is 0 Å². The van der Waals surface area contributed by atoms with Crippen LogP contribution in [0.1, 0.15) is 0 Å². The highest BCUT2D eigenvalue weighted by Gasteiger charge is 2.28. The van der Waals surface area contributed by atoms with E-state index in [1.807, 2.05) is 60.7 Å². The molecule has 0 amide bonds. The van der Waals surface area contributed by atoms with Crippen molar-refractivity contribution in [2.75, 3.05) is 21.3 Å². The molecule has 0 radical (unpaired) electrons. The number of phenols is 1. The third kappa shape index (κ3) is 4.04. The first-order chi connectivity index (χ1) is 25.6. The standard InChI is InChI=1S/C39H27N9O4/c1-50-26-10-4-7-18-29(26)22-15-40-46-37(22)43-34(18)21-13-14-25(49)33(36-20-9-6-12-28(52-3)31(20)24-17-42-48-39(24)45-36)32(21)35-19-8-5-11-27(51-2)30(19)23-16-41-47-38(23)44-35/h4-17,49H,1-3H3,(H,40,43,46)(H,41,44,47)(H,42,45,48). The van der Waals surface area contributed by atoms with Crippen molar-refractivity contribution in [1.29, 1.82) is 0 Å². The molecule has 0 atom stereocenters. The fraction of sp³-hybridized carbons (Fsp3) is 0.0769. The number of aromatic nitrogens is 9. The van der Waals surface area contributed by atoms with E-state index in [2.05, 4.69) is 30.6 Å². The van der Waals surface area contributed by atoms with Crippen LogP contribution in [0.4, 0.5) is 0 Å². The Labute approximate surface area is 293 Å². The van der Waals surface area contributed by atoms with Crippen molar-refractivity contribution < 1.29 is 19.3 Å². The second-order valence-corrected chi connectivity index (χ2v) is 12.3. The molecular formula is C39H27N9O4. The Morgan fingerprint density at radius 1 is 0.462 bits per heavy atom. The van der Waals surface area contributed by atoms with Crippen LogP contribution < -0.4 is 14.2 Å². The van der Waals surface area contributed by atoms with Gasteiger partial charge < -0.3 is 19.3 Å². The maximum atomic E-state index is 12.1. The number of rotatable bonds is 6. The molecule has 0 bridgehead atoms. The number of pyridine rings is 3. The van der Waals surface area contributed by atoms with Gasteiger partial charge in [-0.15, -0.1) is 0 Å². The molecule has 0 saturated heterocycles. The Morgan fingerprint density at radius 3 is 1.31 bits per heavy atom. The molecule has 10 rings (SSSR count). The first kappa shape index (κ1) is 29.6. The summed E-state index contributed by atoms with van der Waals surface area (Å²) in [4.78, 5) is 15.5. The van der Waals surface area contributed by atoms with Gasteiger partial charge in [0.2, 0.25) is 0 Å². The first-order valence-electron chi connectivity index (χ1n) is 16.4. The maximum absolute atomic E-state index is 12.1. The lowest BCUT2D eigenvalue weighted by molar-refractivity contribution is 0.420. The quantitative estimate of drug-likeness (QED) is 0.136. The normalized spacial score (nSPS) is 11.8. The number of ether oxygens (including phenoxy) is 3. The van der Waals surface area contributed by atoms with Gasteiger partial charge in [0.05, 0.1) is 78.7 Å². The molecule has 0 saturated carbocycles. The van der Waals surface area contributed by atoms with Crippen LogP contribution in [0.5, 0.6) is 23.0 Å². The SMILES string of the molecule is COc1cccc2c(-c3ccc(O)c(-c4nc5[nH]ncc5c5c(OC)cccc45)c3-c3nc4[nH]ncc4c4c(OC)cccc34)nc3[nH]ncc3c12. The van der Waals surface area contributed by atoms with Crippen LogP contribution in [0.2, 0.25) is 0 Å². The minimum Gasteiger partial charge on any atom is -0.507 e. The lowest BCUT2D eigenvalue weighted by atomic mass is 9.87. The summed E-state index contributed by atoms with van der Waals surface area (Å²) in [5, 5.41) is 41.5. The summed E-state index contributed by atoms with van der Waals surface area (Å²) in [5.41, 5.74) is 5.00. The fourth-order valence-corrected chi connectivity index (χ4v) is 7.55. The summed E-state index contributed by atoms with van der Waals surface area (Å²) < 4.78 is 17.6. The molecule has 0 aliphatic rings. The second kappa shape index (κ2) is 11.1. The van der Waals surface area contributed by atoms with Crippen molar-refractivity contribution in [3.63, 3.8) is 0 Å². The van der Waals surface area contributed by atoms with E-state index in [9.17, 15) is 5.11 Å². The summed E-state index contributed by atoms with van der Waals surface area (Å²) in [6.45, 7) is 0. The largest absolute Gasteiger partial charge is 0.507 e. The molecule has 10 aromatic rings. The van der Waals surface area contributed by atoms with E-state index in [1.54, 1.807) is 46.0 Å². The van der Waals surface area contributed by atoms with Crippen LogP contribution in [0.15, 0.2) is 85.3 Å². The molecule has 13 nitrogen and oxygen atoms in total. The third-order valence-electron chi connectivity index (χ3n) is 9.75. The van der Waals surface area contributed by atoms with E-state index >= 15 is 0 Å². The van der Waals surface area contributed by atoms with Crippen LogP contribution in [0.25, 0.3) is 99.2 Å². The van der Waals surface area contributed by atoms with E-state index in [0.29, 0.717) is 68.0 Å². The van der Waals surface area contributed by atoms with Gasteiger partial charge in [0, 0.05) is 43.4 Å². The topological polar surface area (TPSA) is 173 Å². The van der Waals surface area contributed by atoms with Crippen LogP contribution in [-0.4, -0.2) is 72.0 Å². The Hall–Kier alpha value is -7.28. The molecule has 0 fully saturated rings. The third-order valence-corrected chi connectivity index (χ3v) is 9.75. The summed E-state index contributed by atoms with van der Waals surface area (Å²) in [6, 6.07) is 21.0. The number of nitrogens with zero attached hydrogens (tertiary/aromatic N) is 6.